The van der Waals surface area contributed by atoms with Gasteiger partial charge in [-0.15, -0.1) is 0 Å². The minimum Gasteiger partial charge on any atom is -0.309 e. The minimum absolute atomic E-state index is 0.146. The van der Waals surface area contributed by atoms with E-state index in [0.29, 0.717) is 23.1 Å². The molecule has 1 amide bonds. The SMILES string of the molecule is CCC(=O)Nc1n[nH]c2ccc(F)cc12. The van der Waals surface area contributed by atoms with Crippen molar-refractivity contribution in [1.82, 2.24) is 10.2 Å². The number of H-pyrrole nitrogens is 1. The first-order valence-corrected chi connectivity index (χ1v) is 4.64. The van der Waals surface area contributed by atoms with Crippen LogP contribution in [0.3, 0.4) is 0 Å². The van der Waals surface area contributed by atoms with Crippen LogP contribution < -0.4 is 5.32 Å². The molecule has 0 aliphatic rings. The van der Waals surface area contributed by atoms with E-state index >= 15 is 0 Å². The monoisotopic (exact) mass is 207 g/mol. The van der Waals surface area contributed by atoms with Crippen molar-refractivity contribution in [2.45, 2.75) is 13.3 Å². The number of amides is 1. The second-order valence-corrected chi connectivity index (χ2v) is 3.16. The average Bonchev–Trinajstić information content (AvgIpc) is 2.61. The molecule has 1 aromatic heterocycles. The fraction of sp³-hybridized carbons (Fsp3) is 0.200. The Morgan fingerprint density at radius 2 is 2.40 bits per heavy atom. The number of hydrogen-bond donors (Lipinski definition) is 2. The van der Waals surface area contributed by atoms with Gasteiger partial charge in [-0.1, -0.05) is 6.92 Å². The minimum atomic E-state index is -0.351. The molecule has 0 spiro atoms. The van der Waals surface area contributed by atoms with Crippen LogP contribution in [0.15, 0.2) is 18.2 Å². The number of fused-ring (bicyclic) bond motifs is 1. The van der Waals surface area contributed by atoms with Gasteiger partial charge in [0.1, 0.15) is 5.82 Å². The zero-order chi connectivity index (χ0) is 10.8. The molecule has 2 N–H and O–H groups in total. The second kappa shape index (κ2) is 3.68. The lowest BCUT2D eigenvalue weighted by atomic mass is 10.2. The van der Waals surface area contributed by atoms with Crippen molar-refractivity contribution in [2.75, 3.05) is 5.32 Å². The first-order chi connectivity index (χ1) is 7.20. The van der Waals surface area contributed by atoms with E-state index in [9.17, 15) is 9.18 Å². The van der Waals surface area contributed by atoms with Crippen LogP contribution in [0.1, 0.15) is 13.3 Å². The maximum Gasteiger partial charge on any atom is 0.225 e. The van der Waals surface area contributed by atoms with E-state index in [1.807, 2.05) is 0 Å². The Hall–Kier alpha value is -1.91. The summed E-state index contributed by atoms with van der Waals surface area (Å²) in [5.41, 5.74) is 0.697. The zero-order valence-electron chi connectivity index (χ0n) is 8.17. The van der Waals surface area contributed by atoms with Crippen molar-refractivity contribution in [1.29, 1.82) is 0 Å². The lowest BCUT2D eigenvalue weighted by Crippen LogP contribution is -2.09. The number of aromatic nitrogens is 2. The Balaban J connectivity index is 2.43. The van der Waals surface area contributed by atoms with Crippen LogP contribution in [-0.4, -0.2) is 16.1 Å². The molecule has 0 unspecified atom stereocenters. The summed E-state index contributed by atoms with van der Waals surface area (Å²) in [4.78, 5) is 11.1. The molecule has 0 radical (unpaired) electrons. The fourth-order valence-electron chi connectivity index (χ4n) is 1.30. The number of hydrogen-bond acceptors (Lipinski definition) is 2. The van der Waals surface area contributed by atoms with Crippen LogP contribution in [0.5, 0.6) is 0 Å². The van der Waals surface area contributed by atoms with Crippen LogP contribution >= 0.6 is 0 Å². The Morgan fingerprint density at radius 3 is 3.13 bits per heavy atom. The molecule has 0 fully saturated rings. The average molecular weight is 207 g/mol. The highest BCUT2D eigenvalue weighted by Crippen LogP contribution is 2.21. The van der Waals surface area contributed by atoms with Crippen LogP contribution in [0, 0.1) is 5.82 Å². The van der Waals surface area contributed by atoms with Gasteiger partial charge in [0.2, 0.25) is 5.91 Å². The van der Waals surface area contributed by atoms with E-state index in [1.165, 1.54) is 12.1 Å². The fourth-order valence-corrected chi connectivity index (χ4v) is 1.30. The maximum atomic E-state index is 13.0. The number of benzene rings is 1. The van der Waals surface area contributed by atoms with Gasteiger partial charge in [-0.25, -0.2) is 4.39 Å². The van der Waals surface area contributed by atoms with E-state index in [0.717, 1.165) is 0 Å². The van der Waals surface area contributed by atoms with Crippen molar-refractivity contribution in [3.05, 3.63) is 24.0 Å². The summed E-state index contributed by atoms with van der Waals surface area (Å²) in [6.45, 7) is 1.74. The highest BCUT2D eigenvalue weighted by Gasteiger charge is 2.08. The first kappa shape index (κ1) is 9.64. The van der Waals surface area contributed by atoms with Gasteiger partial charge in [-0.2, -0.15) is 5.10 Å². The predicted octanol–water partition coefficient (Wildman–Crippen LogP) is 2.05. The van der Waals surface area contributed by atoms with Crippen molar-refractivity contribution in [3.63, 3.8) is 0 Å². The van der Waals surface area contributed by atoms with E-state index in [1.54, 1.807) is 13.0 Å². The largest absolute Gasteiger partial charge is 0.309 e. The Kier molecular flexibility index (Phi) is 2.37. The topological polar surface area (TPSA) is 57.8 Å². The van der Waals surface area contributed by atoms with Crippen LogP contribution in [-0.2, 0) is 4.79 Å². The van der Waals surface area contributed by atoms with Gasteiger partial charge in [0, 0.05) is 11.8 Å². The van der Waals surface area contributed by atoms with Gasteiger partial charge in [0.15, 0.2) is 5.82 Å². The molecule has 15 heavy (non-hydrogen) atoms. The molecule has 2 aromatic rings. The molecule has 0 aliphatic carbocycles. The van der Waals surface area contributed by atoms with Gasteiger partial charge >= 0.3 is 0 Å². The normalized spacial score (nSPS) is 10.5. The van der Waals surface area contributed by atoms with Gasteiger partial charge in [0.05, 0.1) is 5.52 Å². The highest BCUT2D eigenvalue weighted by atomic mass is 19.1. The van der Waals surface area contributed by atoms with Crippen molar-refractivity contribution < 1.29 is 9.18 Å². The maximum absolute atomic E-state index is 13.0. The second-order valence-electron chi connectivity index (χ2n) is 3.16. The van der Waals surface area contributed by atoms with Crippen LogP contribution in [0.4, 0.5) is 10.2 Å². The molecule has 0 saturated heterocycles. The third kappa shape index (κ3) is 1.81. The number of carbonyl (C=O) groups is 1. The van der Waals surface area contributed by atoms with Gasteiger partial charge < -0.3 is 5.32 Å². The van der Waals surface area contributed by atoms with Crippen molar-refractivity contribution >= 4 is 22.6 Å². The number of anilines is 1. The summed E-state index contributed by atoms with van der Waals surface area (Å²) in [5.74, 6) is -0.125. The summed E-state index contributed by atoms with van der Waals surface area (Å²) in [5, 5.41) is 9.79. The molecule has 2 rings (SSSR count). The number of nitrogens with zero attached hydrogens (tertiary/aromatic N) is 1. The van der Waals surface area contributed by atoms with Crippen molar-refractivity contribution in [3.8, 4) is 0 Å². The molecule has 0 atom stereocenters. The predicted molar refractivity (Wildman–Crippen MR) is 55.0 cm³/mol. The van der Waals surface area contributed by atoms with E-state index in [4.69, 9.17) is 0 Å². The third-order valence-electron chi connectivity index (χ3n) is 2.10. The summed E-state index contributed by atoms with van der Waals surface area (Å²) >= 11 is 0. The lowest BCUT2D eigenvalue weighted by molar-refractivity contribution is -0.115. The first-order valence-electron chi connectivity index (χ1n) is 4.64. The zero-order valence-corrected chi connectivity index (χ0v) is 8.17. The molecular weight excluding hydrogens is 197 g/mol. The highest BCUT2D eigenvalue weighted by molar-refractivity contribution is 5.99. The molecule has 4 nitrogen and oxygen atoms in total. The van der Waals surface area contributed by atoms with Gasteiger partial charge in [-0.3, -0.25) is 9.89 Å². The van der Waals surface area contributed by atoms with Gasteiger partial charge in [0.25, 0.3) is 0 Å². The standard InChI is InChI=1S/C10H10FN3O/c1-2-9(15)12-10-7-5-6(11)3-4-8(7)13-14-10/h3-5H,2H2,1H3,(H2,12,13,14,15). The van der Waals surface area contributed by atoms with Crippen molar-refractivity contribution in [2.24, 2.45) is 0 Å². The molecule has 5 heteroatoms. The molecule has 78 valence electrons. The quantitative estimate of drug-likeness (QED) is 0.791. The van der Waals surface area contributed by atoms with E-state index in [-0.39, 0.29) is 11.7 Å². The number of aromatic amines is 1. The van der Waals surface area contributed by atoms with E-state index < -0.39 is 0 Å². The number of rotatable bonds is 2. The number of nitrogens with one attached hydrogen (secondary N) is 2. The lowest BCUT2D eigenvalue weighted by Gasteiger charge is -1.98. The number of carbonyl (C=O) groups excluding carboxylic acids is 1. The smallest absolute Gasteiger partial charge is 0.225 e. The molecule has 0 aliphatic heterocycles. The Labute approximate surface area is 85.5 Å². The van der Waals surface area contributed by atoms with Gasteiger partial charge in [-0.05, 0) is 18.2 Å². The summed E-state index contributed by atoms with van der Waals surface area (Å²) in [6, 6.07) is 4.26. The molecular formula is C10H10FN3O. The summed E-state index contributed by atoms with van der Waals surface area (Å²) < 4.78 is 13.0. The van der Waals surface area contributed by atoms with Crippen LogP contribution in [0.25, 0.3) is 10.9 Å². The number of halogens is 1. The molecule has 0 bridgehead atoms. The summed E-state index contributed by atoms with van der Waals surface area (Å²) in [7, 11) is 0. The molecule has 0 saturated carbocycles. The third-order valence-corrected chi connectivity index (χ3v) is 2.10. The molecule has 1 heterocycles. The van der Waals surface area contributed by atoms with Crippen LogP contribution in [0.2, 0.25) is 0 Å². The summed E-state index contributed by atoms with van der Waals surface area (Å²) in [6.07, 6.45) is 0.365. The molecule has 1 aromatic carbocycles. The Bertz CT molecular complexity index is 506. The van der Waals surface area contributed by atoms with E-state index in [2.05, 4.69) is 15.5 Å². The Morgan fingerprint density at radius 1 is 1.60 bits per heavy atom.